The van der Waals surface area contributed by atoms with Crippen molar-refractivity contribution in [2.75, 3.05) is 5.75 Å². The maximum absolute atomic E-state index is 12.1. The van der Waals surface area contributed by atoms with E-state index < -0.39 is 12.3 Å². The molecule has 5 rings (SSSR count). The summed E-state index contributed by atoms with van der Waals surface area (Å²) in [5.74, 6) is -0.435. The van der Waals surface area contributed by atoms with Gasteiger partial charge in [0.1, 0.15) is 0 Å². The molecule has 2 heterocycles. The molecule has 1 aliphatic rings. The van der Waals surface area contributed by atoms with Gasteiger partial charge in [0, 0.05) is 44.2 Å². The van der Waals surface area contributed by atoms with Crippen LogP contribution in [0, 0.1) is 0 Å². The summed E-state index contributed by atoms with van der Waals surface area (Å²) in [5, 5.41) is 33.6. The number of aliphatic hydroxyl groups is 1. The number of aliphatic hydroxyl groups excluding tert-OH is 1. The van der Waals surface area contributed by atoms with E-state index in [1.54, 1.807) is 11.7 Å². The number of nitrogens with one attached hydrogen (secondary N) is 1. The summed E-state index contributed by atoms with van der Waals surface area (Å²) in [6.45, 7) is 0.334. The highest BCUT2D eigenvalue weighted by molar-refractivity contribution is 7.99. The van der Waals surface area contributed by atoms with Crippen LogP contribution >= 0.6 is 11.8 Å². The topological polar surface area (TPSA) is 149 Å². The Morgan fingerprint density at radius 3 is 2.48 bits per heavy atom. The zero-order valence-electron chi connectivity index (χ0n) is 24.3. The molecule has 3 N–H and O–H groups in total. The number of ether oxygens (including phenoxy) is 2. The third-order valence-corrected chi connectivity index (χ3v) is 8.44. The van der Waals surface area contributed by atoms with Gasteiger partial charge >= 0.3 is 5.97 Å². The van der Waals surface area contributed by atoms with Crippen LogP contribution in [0.2, 0.25) is 0 Å². The predicted molar refractivity (Wildman–Crippen MR) is 163 cm³/mol. The summed E-state index contributed by atoms with van der Waals surface area (Å²) >= 11 is 1.53. The van der Waals surface area contributed by atoms with Crippen molar-refractivity contribution >= 4 is 23.6 Å². The van der Waals surface area contributed by atoms with Crippen LogP contribution < -0.4 is 5.32 Å². The van der Waals surface area contributed by atoms with E-state index in [0.717, 1.165) is 33.4 Å². The third-order valence-electron chi connectivity index (χ3n) is 7.30. The van der Waals surface area contributed by atoms with Crippen molar-refractivity contribution in [1.29, 1.82) is 0 Å². The monoisotopic (exact) mass is 617 g/mol. The summed E-state index contributed by atoms with van der Waals surface area (Å²) in [6, 6.07) is 23.8. The fraction of sp³-hybridized carbons (Fsp3) is 0.344. The van der Waals surface area contributed by atoms with E-state index in [1.807, 2.05) is 66.7 Å². The Morgan fingerprint density at radius 2 is 1.75 bits per heavy atom. The average molecular weight is 618 g/mol. The first-order valence-corrected chi connectivity index (χ1v) is 15.4. The molecule has 0 bridgehead atoms. The number of hydrogen-bond acceptors (Lipinski definition) is 9. The van der Waals surface area contributed by atoms with Gasteiger partial charge in [-0.05, 0) is 56.8 Å². The lowest BCUT2D eigenvalue weighted by molar-refractivity contribution is -0.245. The van der Waals surface area contributed by atoms with Gasteiger partial charge in [-0.15, -0.1) is 5.10 Å². The number of thioether (sulfide) groups is 1. The number of tetrazole rings is 1. The molecular weight excluding hydrogens is 582 g/mol. The highest BCUT2D eigenvalue weighted by atomic mass is 32.2. The first-order chi connectivity index (χ1) is 21.4. The zero-order chi connectivity index (χ0) is 30.9. The number of benzene rings is 3. The Hall–Kier alpha value is -4.10. The van der Waals surface area contributed by atoms with E-state index in [1.165, 1.54) is 11.8 Å². The summed E-state index contributed by atoms with van der Waals surface area (Å²) in [7, 11) is 1.80. The summed E-state index contributed by atoms with van der Waals surface area (Å²) in [6.07, 6.45) is 0.157. The normalized spacial score (nSPS) is 18.2. The molecule has 1 amide bonds. The van der Waals surface area contributed by atoms with E-state index in [2.05, 4.69) is 26.9 Å². The Labute approximate surface area is 259 Å². The number of aryl methyl sites for hydroxylation is 1. The summed E-state index contributed by atoms with van der Waals surface area (Å²) in [5.41, 5.74) is 5.64. The summed E-state index contributed by atoms with van der Waals surface area (Å²) in [4.78, 5) is 22.8. The first kappa shape index (κ1) is 31.3. The maximum atomic E-state index is 12.1. The SMILES string of the molecule is Cn1nnnc1SC[C@@H]1C[C@H](c2ccc(CO)cc2)O[C@H](c2cccc(-c3cccc(CNC(=O)CCCC(=O)O)c3)c2)O1. The quantitative estimate of drug-likeness (QED) is 0.182. The highest BCUT2D eigenvalue weighted by Gasteiger charge is 2.32. The van der Waals surface area contributed by atoms with Gasteiger partial charge in [0.05, 0.1) is 18.8 Å². The second-order valence-corrected chi connectivity index (χ2v) is 11.6. The minimum atomic E-state index is -0.905. The molecule has 0 saturated carbocycles. The van der Waals surface area contributed by atoms with E-state index in [0.29, 0.717) is 30.3 Å². The van der Waals surface area contributed by atoms with Crippen LogP contribution in [-0.4, -0.2) is 54.2 Å². The van der Waals surface area contributed by atoms with Crippen molar-refractivity contribution in [2.45, 2.75) is 62.5 Å². The van der Waals surface area contributed by atoms with Crippen molar-refractivity contribution in [1.82, 2.24) is 25.5 Å². The van der Waals surface area contributed by atoms with Crippen molar-refractivity contribution in [2.24, 2.45) is 7.05 Å². The molecule has 1 aromatic heterocycles. The Morgan fingerprint density at radius 1 is 0.977 bits per heavy atom. The van der Waals surface area contributed by atoms with E-state index in [-0.39, 0.29) is 37.6 Å². The van der Waals surface area contributed by atoms with Gasteiger partial charge in [-0.3, -0.25) is 9.59 Å². The van der Waals surface area contributed by atoms with Gasteiger partial charge in [0.15, 0.2) is 6.29 Å². The van der Waals surface area contributed by atoms with Gasteiger partial charge in [0.2, 0.25) is 11.1 Å². The fourth-order valence-electron chi connectivity index (χ4n) is 4.95. The van der Waals surface area contributed by atoms with Crippen LogP contribution in [0.25, 0.3) is 11.1 Å². The molecule has 1 saturated heterocycles. The number of hydrogen-bond donors (Lipinski definition) is 3. The van der Waals surface area contributed by atoms with Crippen LogP contribution in [0.5, 0.6) is 0 Å². The number of aliphatic carboxylic acids is 1. The average Bonchev–Trinajstić information content (AvgIpc) is 3.47. The number of amides is 1. The number of carboxylic acid groups (broad SMARTS) is 1. The van der Waals surface area contributed by atoms with Crippen molar-refractivity contribution in [3.05, 3.63) is 95.1 Å². The van der Waals surface area contributed by atoms with Crippen LogP contribution in [0.1, 0.15) is 60.3 Å². The molecule has 12 heteroatoms. The molecule has 11 nitrogen and oxygen atoms in total. The molecule has 230 valence electrons. The lowest BCUT2D eigenvalue weighted by atomic mass is 9.99. The van der Waals surface area contributed by atoms with Crippen molar-refractivity contribution in [3.63, 3.8) is 0 Å². The Balaban J connectivity index is 1.31. The lowest BCUT2D eigenvalue weighted by Gasteiger charge is -2.36. The standard InChI is InChI=1S/C32H35N5O6S/c1-37-32(34-35-36-37)44-20-27-17-28(23-13-11-21(19-38)12-14-23)43-31(42-27)26-8-3-7-25(16-26)24-6-2-5-22(15-24)18-33-29(39)9-4-10-30(40)41/h2-3,5-8,11-16,27-28,31,38H,4,9-10,17-20H2,1H3,(H,33,39)(H,40,41)/t27-,28+,31+/m0/s1. The van der Waals surface area contributed by atoms with Crippen LogP contribution in [0.4, 0.5) is 0 Å². The van der Waals surface area contributed by atoms with Crippen LogP contribution in [0.3, 0.4) is 0 Å². The molecule has 1 fully saturated rings. The highest BCUT2D eigenvalue weighted by Crippen LogP contribution is 2.40. The molecule has 0 spiro atoms. The van der Waals surface area contributed by atoms with Crippen molar-refractivity contribution in [3.8, 4) is 11.1 Å². The number of aromatic nitrogens is 4. The maximum Gasteiger partial charge on any atom is 0.303 e. The Kier molecular flexibility index (Phi) is 10.7. The molecule has 3 atom stereocenters. The molecule has 3 aromatic carbocycles. The predicted octanol–water partition coefficient (Wildman–Crippen LogP) is 4.58. The first-order valence-electron chi connectivity index (χ1n) is 14.4. The number of nitrogens with zero attached hydrogens (tertiary/aromatic N) is 4. The molecular formula is C32H35N5O6S. The summed E-state index contributed by atoms with van der Waals surface area (Å²) < 4.78 is 14.6. The van der Waals surface area contributed by atoms with Gasteiger partial charge < -0.3 is 25.0 Å². The van der Waals surface area contributed by atoms with E-state index in [9.17, 15) is 14.7 Å². The minimum absolute atomic E-state index is 0.0182. The van der Waals surface area contributed by atoms with Crippen LogP contribution in [-0.2, 0) is 39.3 Å². The lowest BCUT2D eigenvalue weighted by Crippen LogP contribution is -2.31. The van der Waals surface area contributed by atoms with E-state index in [4.69, 9.17) is 14.6 Å². The largest absolute Gasteiger partial charge is 0.481 e. The second-order valence-electron chi connectivity index (χ2n) is 10.6. The number of carbonyl (C=O) groups is 2. The fourth-order valence-corrected chi connectivity index (χ4v) is 5.82. The van der Waals surface area contributed by atoms with E-state index >= 15 is 0 Å². The van der Waals surface area contributed by atoms with Gasteiger partial charge in [-0.2, -0.15) is 0 Å². The third kappa shape index (κ3) is 8.50. The van der Waals surface area contributed by atoms with Crippen molar-refractivity contribution < 1.29 is 29.3 Å². The number of carboxylic acids is 1. The second kappa shape index (κ2) is 15.1. The van der Waals surface area contributed by atoms with Gasteiger partial charge in [-0.25, -0.2) is 4.68 Å². The van der Waals surface area contributed by atoms with Gasteiger partial charge in [-0.1, -0.05) is 72.4 Å². The number of rotatable bonds is 13. The number of carbonyl (C=O) groups excluding carboxylic acids is 1. The Bertz CT molecular complexity index is 1560. The van der Waals surface area contributed by atoms with Crippen LogP contribution in [0.15, 0.2) is 78.0 Å². The minimum Gasteiger partial charge on any atom is -0.481 e. The molecule has 0 aliphatic carbocycles. The molecule has 0 radical (unpaired) electrons. The molecule has 4 aromatic rings. The molecule has 0 unspecified atom stereocenters. The molecule has 44 heavy (non-hydrogen) atoms. The zero-order valence-corrected chi connectivity index (χ0v) is 25.2. The molecule has 1 aliphatic heterocycles. The smallest absolute Gasteiger partial charge is 0.303 e. The van der Waals surface area contributed by atoms with Gasteiger partial charge in [0.25, 0.3) is 0 Å².